The van der Waals surface area contributed by atoms with Crippen LogP contribution in [-0.2, 0) is 0 Å². The van der Waals surface area contributed by atoms with Gasteiger partial charge in [-0.1, -0.05) is 23.2 Å². The molecule has 2 atom stereocenters. The van der Waals surface area contributed by atoms with E-state index in [1.54, 1.807) is 18.2 Å². The number of ether oxygens (including phenoxy) is 1. The van der Waals surface area contributed by atoms with Crippen molar-refractivity contribution < 1.29 is 9.53 Å². The smallest absolute Gasteiger partial charge is 0.317 e. The first-order chi connectivity index (χ1) is 10.5. The Labute approximate surface area is 140 Å². The highest BCUT2D eigenvalue weighted by atomic mass is 35.5. The summed E-state index contributed by atoms with van der Waals surface area (Å²) in [5.41, 5.74) is 0. The highest BCUT2D eigenvalue weighted by Gasteiger charge is 2.40. The number of carbonyl (C=O) groups excluding carboxylic acids is 1. The first kappa shape index (κ1) is 15.7. The van der Waals surface area contributed by atoms with Crippen molar-refractivity contribution in [3.05, 3.63) is 28.2 Å². The summed E-state index contributed by atoms with van der Waals surface area (Å²) >= 11 is 12.0. The fourth-order valence-electron chi connectivity index (χ4n) is 3.10. The van der Waals surface area contributed by atoms with E-state index in [4.69, 9.17) is 27.9 Å². The lowest BCUT2D eigenvalue weighted by Crippen LogP contribution is -2.51. The van der Waals surface area contributed by atoms with Gasteiger partial charge in [0.15, 0.2) is 0 Å². The molecule has 1 N–H and O–H groups in total. The number of amides is 2. The molecule has 1 aromatic rings. The molecule has 7 heteroatoms. The molecule has 0 radical (unpaired) electrons. The standard InChI is InChI=1S/C15H19Cl2N3O2/c1-19-13-4-5-20(9-12(13)18-15(19)21)6-7-22-14-8-10(16)2-3-11(14)17/h2-3,8,12-13H,4-7,9H2,1H3,(H,18,21)/t12-,13+/m1/s1. The second-order valence-corrected chi connectivity index (χ2v) is 6.59. The maximum Gasteiger partial charge on any atom is 0.317 e. The number of urea groups is 1. The number of likely N-dealkylation sites (tertiary alicyclic amines) is 1. The van der Waals surface area contributed by atoms with E-state index in [1.165, 1.54) is 0 Å². The molecule has 2 fully saturated rings. The second-order valence-electron chi connectivity index (χ2n) is 5.75. The topological polar surface area (TPSA) is 44.8 Å². The summed E-state index contributed by atoms with van der Waals surface area (Å²) in [7, 11) is 1.86. The molecule has 1 aromatic carbocycles. The van der Waals surface area contributed by atoms with Gasteiger partial charge < -0.3 is 15.0 Å². The van der Waals surface area contributed by atoms with Crippen LogP contribution in [0.3, 0.4) is 0 Å². The number of hydrogen-bond donors (Lipinski definition) is 1. The number of hydrogen-bond acceptors (Lipinski definition) is 3. The minimum atomic E-state index is 0.0267. The Morgan fingerprint density at radius 3 is 3.05 bits per heavy atom. The minimum absolute atomic E-state index is 0.0267. The highest BCUT2D eigenvalue weighted by Crippen LogP contribution is 2.27. The number of rotatable bonds is 4. The zero-order chi connectivity index (χ0) is 15.7. The molecule has 22 heavy (non-hydrogen) atoms. The largest absolute Gasteiger partial charge is 0.491 e. The SMILES string of the molecule is CN1C(=O)N[C@@H]2CN(CCOc3cc(Cl)ccc3Cl)CC[C@@H]21. The molecule has 0 unspecified atom stereocenters. The van der Waals surface area contributed by atoms with E-state index < -0.39 is 0 Å². The number of likely N-dealkylation sites (N-methyl/N-ethyl adjacent to an activating group) is 1. The number of piperidine rings is 1. The van der Waals surface area contributed by atoms with Gasteiger partial charge >= 0.3 is 6.03 Å². The van der Waals surface area contributed by atoms with E-state index in [0.717, 1.165) is 26.1 Å². The van der Waals surface area contributed by atoms with Gasteiger partial charge in [-0.25, -0.2) is 4.79 Å². The van der Waals surface area contributed by atoms with Crippen LogP contribution in [0.5, 0.6) is 5.75 Å². The number of benzene rings is 1. The van der Waals surface area contributed by atoms with Crippen LogP contribution in [0.1, 0.15) is 6.42 Å². The van der Waals surface area contributed by atoms with Crippen molar-refractivity contribution in [3.63, 3.8) is 0 Å². The summed E-state index contributed by atoms with van der Waals surface area (Å²) in [6.45, 7) is 3.16. The first-order valence-corrected chi connectivity index (χ1v) is 8.14. The molecule has 5 nitrogen and oxygen atoms in total. The molecule has 2 aliphatic heterocycles. The van der Waals surface area contributed by atoms with Crippen LogP contribution in [0.4, 0.5) is 4.79 Å². The maximum absolute atomic E-state index is 11.7. The Balaban J connectivity index is 1.49. The van der Waals surface area contributed by atoms with Crippen LogP contribution in [0.2, 0.25) is 10.0 Å². The second kappa shape index (κ2) is 6.52. The Bertz CT molecular complexity index is 570. The number of carbonyl (C=O) groups is 1. The van der Waals surface area contributed by atoms with Crippen LogP contribution in [-0.4, -0.2) is 61.2 Å². The normalized spacial score (nSPS) is 25.0. The number of halogens is 2. The molecular formula is C15H19Cl2N3O2. The summed E-state index contributed by atoms with van der Waals surface area (Å²) in [5.74, 6) is 0.609. The zero-order valence-electron chi connectivity index (χ0n) is 12.4. The monoisotopic (exact) mass is 343 g/mol. The van der Waals surface area contributed by atoms with Gasteiger partial charge in [0.2, 0.25) is 0 Å². The minimum Gasteiger partial charge on any atom is -0.491 e. The van der Waals surface area contributed by atoms with Gasteiger partial charge in [-0.3, -0.25) is 4.90 Å². The van der Waals surface area contributed by atoms with E-state index >= 15 is 0 Å². The molecule has 0 aliphatic carbocycles. The Hall–Kier alpha value is -1.17. The summed E-state index contributed by atoms with van der Waals surface area (Å²) in [5, 5.41) is 4.20. The van der Waals surface area contributed by atoms with Crippen LogP contribution in [0, 0.1) is 0 Å². The molecule has 2 saturated heterocycles. The van der Waals surface area contributed by atoms with Crippen LogP contribution in [0.25, 0.3) is 0 Å². The zero-order valence-corrected chi connectivity index (χ0v) is 13.9. The van der Waals surface area contributed by atoms with Crippen LogP contribution < -0.4 is 10.1 Å². The van der Waals surface area contributed by atoms with Gasteiger partial charge in [-0.05, 0) is 18.6 Å². The third kappa shape index (κ3) is 3.26. The molecule has 0 bridgehead atoms. The van der Waals surface area contributed by atoms with Crippen molar-refractivity contribution >= 4 is 29.2 Å². The molecule has 0 spiro atoms. The van der Waals surface area contributed by atoms with Crippen molar-refractivity contribution in [2.45, 2.75) is 18.5 Å². The lowest BCUT2D eigenvalue weighted by molar-refractivity contribution is 0.134. The Kier molecular flexibility index (Phi) is 4.66. The summed E-state index contributed by atoms with van der Waals surface area (Å²) in [4.78, 5) is 15.8. The van der Waals surface area contributed by atoms with Crippen molar-refractivity contribution in [1.82, 2.24) is 15.1 Å². The third-order valence-electron chi connectivity index (χ3n) is 4.35. The quantitative estimate of drug-likeness (QED) is 0.913. The predicted octanol–water partition coefficient (Wildman–Crippen LogP) is 2.47. The van der Waals surface area contributed by atoms with E-state index in [1.807, 2.05) is 11.9 Å². The molecule has 120 valence electrons. The van der Waals surface area contributed by atoms with Crippen molar-refractivity contribution in [1.29, 1.82) is 0 Å². The van der Waals surface area contributed by atoms with E-state index in [-0.39, 0.29) is 12.1 Å². The van der Waals surface area contributed by atoms with Gasteiger partial charge in [0.1, 0.15) is 12.4 Å². The number of nitrogens with zero attached hydrogens (tertiary/aromatic N) is 2. The molecule has 2 amide bonds. The van der Waals surface area contributed by atoms with Gasteiger partial charge in [0, 0.05) is 37.8 Å². The van der Waals surface area contributed by atoms with Crippen molar-refractivity contribution in [3.8, 4) is 5.75 Å². The van der Waals surface area contributed by atoms with E-state index in [2.05, 4.69) is 10.2 Å². The molecule has 0 saturated carbocycles. The van der Waals surface area contributed by atoms with Gasteiger partial charge in [-0.15, -0.1) is 0 Å². The van der Waals surface area contributed by atoms with Gasteiger partial charge in [-0.2, -0.15) is 0 Å². The molecular weight excluding hydrogens is 325 g/mol. The van der Waals surface area contributed by atoms with Crippen molar-refractivity contribution in [2.24, 2.45) is 0 Å². The fourth-order valence-corrected chi connectivity index (χ4v) is 3.43. The molecule has 2 heterocycles. The average Bonchev–Trinajstić information content (AvgIpc) is 2.77. The number of fused-ring (bicyclic) bond motifs is 1. The van der Waals surface area contributed by atoms with Gasteiger partial charge in [0.05, 0.1) is 17.1 Å². The Morgan fingerprint density at radius 1 is 1.41 bits per heavy atom. The molecule has 0 aromatic heterocycles. The predicted molar refractivity (Wildman–Crippen MR) is 86.9 cm³/mol. The van der Waals surface area contributed by atoms with Crippen LogP contribution in [0.15, 0.2) is 18.2 Å². The van der Waals surface area contributed by atoms with E-state index in [0.29, 0.717) is 28.4 Å². The average molecular weight is 344 g/mol. The summed E-state index contributed by atoms with van der Waals surface area (Å²) in [6.07, 6.45) is 0.984. The molecule has 2 aliphatic rings. The first-order valence-electron chi connectivity index (χ1n) is 7.38. The lowest BCUT2D eigenvalue weighted by Gasteiger charge is -2.35. The van der Waals surface area contributed by atoms with Crippen molar-refractivity contribution in [2.75, 3.05) is 33.3 Å². The third-order valence-corrected chi connectivity index (χ3v) is 4.89. The van der Waals surface area contributed by atoms with Gasteiger partial charge in [0.25, 0.3) is 0 Å². The molecule has 3 rings (SSSR count). The van der Waals surface area contributed by atoms with E-state index in [9.17, 15) is 4.79 Å². The lowest BCUT2D eigenvalue weighted by atomic mass is 10.0. The highest BCUT2D eigenvalue weighted by molar-refractivity contribution is 6.34. The maximum atomic E-state index is 11.7. The summed E-state index contributed by atoms with van der Waals surface area (Å²) < 4.78 is 5.72. The number of nitrogens with one attached hydrogen (secondary N) is 1. The Morgan fingerprint density at radius 2 is 2.23 bits per heavy atom. The fraction of sp³-hybridized carbons (Fsp3) is 0.533. The van der Waals surface area contributed by atoms with Crippen LogP contribution >= 0.6 is 23.2 Å². The summed E-state index contributed by atoms with van der Waals surface area (Å²) in [6, 6.07) is 5.74.